The summed E-state index contributed by atoms with van der Waals surface area (Å²) in [4.78, 5) is 26.1. The third-order valence-electron chi connectivity index (χ3n) is 5.81. The van der Waals surface area contributed by atoms with Gasteiger partial charge in [0.05, 0.1) is 12.5 Å². The molecule has 1 atom stereocenters. The van der Waals surface area contributed by atoms with Crippen LogP contribution in [0.25, 0.3) is 0 Å². The van der Waals surface area contributed by atoms with Gasteiger partial charge < -0.3 is 5.32 Å². The minimum atomic E-state index is 0.199. The van der Waals surface area contributed by atoms with Crippen molar-refractivity contribution in [3.63, 3.8) is 0 Å². The highest BCUT2D eigenvalue weighted by atomic mass is 16.2. The third-order valence-corrected chi connectivity index (χ3v) is 5.81. The number of aromatic nitrogens is 2. The smallest absolute Gasteiger partial charge is 0.224 e. The molecule has 1 N–H and O–H groups in total. The molecule has 1 saturated carbocycles. The Morgan fingerprint density at radius 1 is 1.08 bits per heavy atom. The van der Waals surface area contributed by atoms with E-state index in [1.165, 1.54) is 25.7 Å². The van der Waals surface area contributed by atoms with Gasteiger partial charge in [-0.1, -0.05) is 0 Å². The van der Waals surface area contributed by atoms with Crippen molar-refractivity contribution in [3.05, 3.63) is 24.3 Å². The first-order chi connectivity index (χ1) is 12.3. The zero-order valence-electron chi connectivity index (χ0n) is 14.9. The molecule has 0 radical (unpaired) electrons. The zero-order valence-corrected chi connectivity index (χ0v) is 14.9. The first-order valence-electron chi connectivity index (χ1n) is 9.80. The maximum absolute atomic E-state index is 12.4. The van der Waals surface area contributed by atoms with Crippen molar-refractivity contribution >= 4 is 5.91 Å². The number of hydrogen-bond acceptors (Lipinski definition) is 5. The van der Waals surface area contributed by atoms with Crippen LogP contribution >= 0.6 is 0 Å². The topological polar surface area (TPSA) is 61.4 Å². The fourth-order valence-electron chi connectivity index (χ4n) is 4.15. The Morgan fingerprint density at radius 2 is 1.84 bits per heavy atom. The summed E-state index contributed by atoms with van der Waals surface area (Å²) in [5, 5.41) is 3.19. The Hall–Kier alpha value is -1.53. The van der Waals surface area contributed by atoms with Crippen LogP contribution in [0.2, 0.25) is 0 Å². The molecule has 6 heteroatoms. The van der Waals surface area contributed by atoms with Gasteiger partial charge in [0, 0.05) is 44.1 Å². The molecular formula is C19H29N5O. The quantitative estimate of drug-likeness (QED) is 0.876. The molecule has 1 aromatic rings. The second-order valence-electron chi connectivity index (χ2n) is 7.79. The molecule has 1 aromatic heterocycles. The maximum atomic E-state index is 12.4. The molecule has 0 unspecified atom stereocenters. The van der Waals surface area contributed by atoms with Gasteiger partial charge in [-0.05, 0) is 51.1 Å². The van der Waals surface area contributed by atoms with E-state index in [0.29, 0.717) is 18.0 Å². The standard InChI is InChI=1S/C19H29N5O/c25-19(22-16-4-5-16)15-3-1-10-24(13-15)17-6-11-23(12-7-17)14-18-20-8-2-9-21-18/h2,8-9,15-17H,1,3-7,10-14H2,(H,22,25)/t15-/m0/s1. The highest BCUT2D eigenvalue weighted by molar-refractivity contribution is 5.79. The highest BCUT2D eigenvalue weighted by Crippen LogP contribution is 2.26. The molecule has 136 valence electrons. The maximum Gasteiger partial charge on any atom is 0.224 e. The van der Waals surface area contributed by atoms with E-state index in [1.54, 1.807) is 0 Å². The van der Waals surface area contributed by atoms with Crippen LogP contribution in [0, 0.1) is 5.92 Å². The van der Waals surface area contributed by atoms with Crippen LogP contribution < -0.4 is 5.32 Å². The first kappa shape index (κ1) is 16.9. The van der Waals surface area contributed by atoms with Gasteiger partial charge in [0.25, 0.3) is 0 Å². The molecule has 6 nitrogen and oxygen atoms in total. The normalized spacial score (nSPS) is 26.5. The van der Waals surface area contributed by atoms with Crippen LogP contribution in [0.5, 0.6) is 0 Å². The van der Waals surface area contributed by atoms with Crippen molar-refractivity contribution < 1.29 is 4.79 Å². The van der Waals surface area contributed by atoms with E-state index >= 15 is 0 Å². The van der Waals surface area contributed by atoms with E-state index in [1.807, 2.05) is 18.5 Å². The fourth-order valence-corrected chi connectivity index (χ4v) is 4.15. The summed E-state index contributed by atoms with van der Waals surface area (Å²) in [7, 11) is 0. The molecule has 0 spiro atoms. The Balaban J connectivity index is 1.24. The van der Waals surface area contributed by atoms with Gasteiger partial charge in [0.1, 0.15) is 5.82 Å². The van der Waals surface area contributed by atoms with Gasteiger partial charge in [-0.25, -0.2) is 9.97 Å². The summed E-state index contributed by atoms with van der Waals surface area (Å²) in [5.74, 6) is 1.41. The summed E-state index contributed by atoms with van der Waals surface area (Å²) in [5.41, 5.74) is 0. The number of likely N-dealkylation sites (tertiary alicyclic amines) is 2. The Labute approximate surface area is 150 Å². The Bertz CT molecular complexity index is 568. The van der Waals surface area contributed by atoms with Crippen LogP contribution in [0.1, 0.15) is 44.3 Å². The number of amides is 1. The molecule has 1 amide bonds. The SMILES string of the molecule is O=C(NC1CC1)[C@H]1CCCN(C2CCN(Cc3ncccn3)CC2)C1. The van der Waals surface area contributed by atoms with E-state index in [4.69, 9.17) is 0 Å². The summed E-state index contributed by atoms with van der Waals surface area (Å²) in [6.45, 7) is 5.14. The molecule has 0 aromatic carbocycles. The van der Waals surface area contributed by atoms with E-state index in [-0.39, 0.29) is 5.92 Å². The number of carbonyl (C=O) groups excluding carboxylic acids is 1. The van der Waals surface area contributed by atoms with E-state index in [0.717, 1.165) is 51.4 Å². The van der Waals surface area contributed by atoms with Crippen molar-refractivity contribution in [2.24, 2.45) is 5.92 Å². The zero-order chi connectivity index (χ0) is 17.1. The third kappa shape index (κ3) is 4.55. The summed E-state index contributed by atoms with van der Waals surface area (Å²) < 4.78 is 0. The monoisotopic (exact) mass is 343 g/mol. The molecule has 25 heavy (non-hydrogen) atoms. The molecule has 3 aliphatic rings. The molecule has 1 aliphatic carbocycles. The fraction of sp³-hybridized carbons (Fsp3) is 0.737. The van der Waals surface area contributed by atoms with Crippen LogP contribution in [-0.4, -0.2) is 63.9 Å². The largest absolute Gasteiger partial charge is 0.353 e. The molecule has 4 rings (SSSR count). The van der Waals surface area contributed by atoms with Gasteiger partial charge in [-0.3, -0.25) is 14.6 Å². The van der Waals surface area contributed by atoms with Gasteiger partial charge in [-0.15, -0.1) is 0 Å². The van der Waals surface area contributed by atoms with Crippen LogP contribution in [0.15, 0.2) is 18.5 Å². The second kappa shape index (κ2) is 7.79. The predicted molar refractivity (Wildman–Crippen MR) is 95.8 cm³/mol. The van der Waals surface area contributed by atoms with Gasteiger partial charge in [0.2, 0.25) is 5.91 Å². The molecule has 3 heterocycles. The number of piperidine rings is 2. The number of rotatable bonds is 5. The lowest BCUT2D eigenvalue weighted by molar-refractivity contribution is -0.127. The molecule has 0 bridgehead atoms. The number of hydrogen-bond donors (Lipinski definition) is 1. The van der Waals surface area contributed by atoms with E-state index in [2.05, 4.69) is 25.1 Å². The summed E-state index contributed by atoms with van der Waals surface area (Å²) >= 11 is 0. The minimum Gasteiger partial charge on any atom is -0.353 e. The van der Waals surface area contributed by atoms with Gasteiger partial charge in [-0.2, -0.15) is 0 Å². The Kier molecular flexibility index (Phi) is 5.27. The first-order valence-corrected chi connectivity index (χ1v) is 9.80. The number of nitrogens with zero attached hydrogens (tertiary/aromatic N) is 4. The summed E-state index contributed by atoms with van der Waals surface area (Å²) in [6, 6.07) is 2.97. The predicted octanol–water partition coefficient (Wildman–Crippen LogP) is 1.43. The molecule has 3 fully saturated rings. The lowest BCUT2D eigenvalue weighted by Crippen LogP contribution is -2.50. The van der Waals surface area contributed by atoms with Gasteiger partial charge in [0.15, 0.2) is 0 Å². The molecular weight excluding hydrogens is 314 g/mol. The molecule has 2 aliphatic heterocycles. The van der Waals surface area contributed by atoms with Crippen molar-refractivity contribution in [2.75, 3.05) is 26.2 Å². The van der Waals surface area contributed by atoms with Crippen molar-refractivity contribution in [1.29, 1.82) is 0 Å². The van der Waals surface area contributed by atoms with Crippen LogP contribution in [-0.2, 0) is 11.3 Å². The van der Waals surface area contributed by atoms with E-state index < -0.39 is 0 Å². The lowest BCUT2D eigenvalue weighted by Gasteiger charge is -2.41. The second-order valence-corrected chi connectivity index (χ2v) is 7.79. The minimum absolute atomic E-state index is 0.199. The Morgan fingerprint density at radius 3 is 2.56 bits per heavy atom. The lowest BCUT2D eigenvalue weighted by atomic mass is 9.93. The number of carbonyl (C=O) groups is 1. The average Bonchev–Trinajstić information content (AvgIpc) is 3.47. The average molecular weight is 343 g/mol. The van der Waals surface area contributed by atoms with Crippen molar-refractivity contribution in [3.8, 4) is 0 Å². The van der Waals surface area contributed by atoms with E-state index in [9.17, 15) is 4.79 Å². The van der Waals surface area contributed by atoms with Crippen LogP contribution in [0.3, 0.4) is 0 Å². The highest BCUT2D eigenvalue weighted by Gasteiger charge is 2.33. The van der Waals surface area contributed by atoms with Gasteiger partial charge >= 0.3 is 0 Å². The number of nitrogens with one attached hydrogen (secondary N) is 1. The van der Waals surface area contributed by atoms with Crippen molar-refractivity contribution in [1.82, 2.24) is 25.1 Å². The van der Waals surface area contributed by atoms with Crippen LogP contribution in [0.4, 0.5) is 0 Å². The van der Waals surface area contributed by atoms with Crippen molar-refractivity contribution in [2.45, 2.75) is 57.2 Å². The summed E-state index contributed by atoms with van der Waals surface area (Å²) in [6.07, 6.45) is 10.6. The molecule has 2 saturated heterocycles.